The van der Waals surface area contributed by atoms with Gasteiger partial charge in [0.25, 0.3) is 0 Å². The van der Waals surface area contributed by atoms with E-state index in [0.29, 0.717) is 16.8 Å². The molecule has 3 rings (SSSR count). The van der Waals surface area contributed by atoms with Crippen LogP contribution in [0.2, 0.25) is 5.02 Å². The Balaban J connectivity index is 1.85. The molecule has 28 heavy (non-hydrogen) atoms. The first-order chi connectivity index (χ1) is 13.4. The molecule has 144 valence electrons. The third-order valence-electron chi connectivity index (χ3n) is 3.75. The maximum atomic E-state index is 12.8. The maximum absolute atomic E-state index is 12.8. The SMILES string of the molecule is COc1nc(CS(=O)(=O)c2ccccc2Cl)ccc1/C=C/c1cnc(F)nc1. The highest BCUT2D eigenvalue weighted by molar-refractivity contribution is 7.90. The van der Waals surface area contributed by atoms with Crippen LogP contribution < -0.4 is 4.74 Å². The molecule has 0 amide bonds. The third-order valence-corrected chi connectivity index (χ3v) is 5.89. The van der Waals surface area contributed by atoms with Crippen molar-refractivity contribution in [1.29, 1.82) is 0 Å². The Morgan fingerprint density at radius 2 is 1.82 bits per heavy atom. The Morgan fingerprint density at radius 1 is 1.11 bits per heavy atom. The summed E-state index contributed by atoms with van der Waals surface area (Å²) in [6.07, 6.45) is 5.22. The molecule has 6 nitrogen and oxygen atoms in total. The summed E-state index contributed by atoms with van der Waals surface area (Å²) in [6.45, 7) is 0. The Bertz CT molecular complexity index is 1120. The van der Waals surface area contributed by atoms with E-state index in [-0.39, 0.29) is 21.6 Å². The largest absolute Gasteiger partial charge is 0.481 e. The normalized spacial score (nSPS) is 11.7. The van der Waals surface area contributed by atoms with Gasteiger partial charge in [0.2, 0.25) is 5.88 Å². The van der Waals surface area contributed by atoms with E-state index >= 15 is 0 Å². The Morgan fingerprint density at radius 3 is 2.50 bits per heavy atom. The van der Waals surface area contributed by atoms with E-state index in [9.17, 15) is 12.8 Å². The first-order valence-corrected chi connectivity index (χ1v) is 10.1. The minimum absolute atomic E-state index is 0.0534. The van der Waals surface area contributed by atoms with Crippen molar-refractivity contribution >= 4 is 33.6 Å². The van der Waals surface area contributed by atoms with Gasteiger partial charge in [-0.15, -0.1) is 0 Å². The van der Waals surface area contributed by atoms with Gasteiger partial charge in [0.15, 0.2) is 9.84 Å². The van der Waals surface area contributed by atoms with Gasteiger partial charge in [-0.05, 0) is 30.3 Å². The van der Waals surface area contributed by atoms with Crippen LogP contribution >= 0.6 is 11.6 Å². The van der Waals surface area contributed by atoms with Crippen LogP contribution in [0.3, 0.4) is 0 Å². The molecule has 0 aliphatic heterocycles. The van der Waals surface area contributed by atoms with E-state index in [1.165, 1.54) is 31.6 Å². The topological polar surface area (TPSA) is 82.0 Å². The Kier molecular flexibility index (Phi) is 6.01. The fourth-order valence-corrected chi connectivity index (χ4v) is 4.27. The maximum Gasteiger partial charge on any atom is 0.308 e. The first-order valence-electron chi connectivity index (χ1n) is 8.06. The molecule has 2 aromatic heterocycles. The van der Waals surface area contributed by atoms with Crippen molar-refractivity contribution in [2.75, 3.05) is 7.11 Å². The third kappa shape index (κ3) is 4.71. The number of hydrogen-bond donors (Lipinski definition) is 0. The van der Waals surface area contributed by atoms with E-state index in [1.54, 1.807) is 36.4 Å². The number of ether oxygens (including phenoxy) is 1. The highest BCUT2D eigenvalue weighted by Crippen LogP contribution is 2.25. The van der Waals surface area contributed by atoms with Crippen LogP contribution in [0.25, 0.3) is 12.2 Å². The lowest BCUT2D eigenvalue weighted by Gasteiger charge is -2.09. The second-order valence-corrected chi connectivity index (χ2v) is 8.07. The second kappa shape index (κ2) is 8.45. The summed E-state index contributed by atoms with van der Waals surface area (Å²) in [5, 5.41) is 0.163. The molecule has 0 bridgehead atoms. The standard InChI is InChI=1S/C19H15ClFN3O3S/c1-27-18-14(7-6-13-10-22-19(21)23-11-13)8-9-15(24-18)12-28(25,26)17-5-3-2-4-16(17)20/h2-11H,12H2,1H3/b7-6+. The molecule has 0 aliphatic rings. The van der Waals surface area contributed by atoms with Crippen LogP contribution in [0.15, 0.2) is 53.7 Å². The molecule has 0 saturated heterocycles. The van der Waals surface area contributed by atoms with Crippen molar-refractivity contribution in [2.24, 2.45) is 0 Å². The fourth-order valence-electron chi connectivity index (χ4n) is 2.42. The fraction of sp³-hybridized carbons (Fsp3) is 0.105. The monoisotopic (exact) mass is 419 g/mol. The highest BCUT2D eigenvalue weighted by Gasteiger charge is 2.20. The number of pyridine rings is 1. The number of halogens is 2. The van der Waals surface area contributed by atoms with E-state index in [1.807, 2.05) is 0 Å². The van der Waals surface area contributed by atoms with E-state index in [0.717, 1.165) is 0 Å². The van der Waals surface area contributed by atoms with Crippen molar-refractivity contribution < 1.29 is 17.5 Å². The Hall–Kier alpha value is -2.84. The number of sulfone groups is 1. The number of benzene rings is 1. The van der Waals surface area contributed by atoms with Crippen LogP contribution in [0.4, 0.5) is 4.39 Å². The van der Waals surface area contributed by atoms with Crippen molar-refractivity contribution in [1.82, 2.24) is 15.0 Å². The minimum Gasteiger partial charge on any atom is -0.481 e. The van der Waals surface area contributed by atoms with Gasteiger partial charge in [-0.3, -0.25) is 0 Å². The molecule has 1 aromatic carbocycles. The lowest BCUT2D eigenvalue weighted by molar-refractivity contribution is 0.395. The predicted octanol–water partition coefficient (Wildman–Crippen LogP) is 3.82. The van der Waals surface area contributed by atoms with Crippen molar-refractivity contribution in [3.8, 4) is 5.88 Å². The lowest BCUT2D eigenvalue weighted by atomic mass is 10.2. The number of rotatable bonds is 6. The zero-order valence-electron chi connectivity index (χ0n) is 14.7. The van der Waals surface area contributed by atoms with Crippen LogP contribution in [0, 0.1) is 6.08 Å². The minimum atomic E-state index is -3.66. The van der Waals surface area contributed by atoms with Crippen molar-refractivity contribution in [3.63, 3.8) is 0 Å². The molecular weight excluding hydrogens is 405 g/mol. The lowest BCUT2D eigenvalue weighted by Crippen LogP contribution is -2.08. The molecule has 0 spiro atoms. The van der Waals surface area contributed by atoms with Gasteiger partial charge in [-0.1, -0.05) is 29.8 Å². The van der Waals surface area contributed by atoms with Gasteiger partial charge < -0.3 is 4.74 Å². The summed E-state index contributed by atoms with van der Waals surface area (Å²) in [4.78, 5) is 11.3. The van der Waals surface area contributed by atoms with E-state index in [4.69, 9.17) is 16.3 Å². The molecule has 0 radical (unpaired) electrons. The predicted molar refractivity (Wildman–Crippen MR) is 104 cm³/mol. The van der Waals surface area contributed by atoms with Gasteiger partial charge in [-0.25, -0.2) is 23.4 Å². The first kappa shape index (κ1) is 19.9. The van der Waals surface area contributed by atoms with E-state index < -0.39 is 15.9 Å². The molecule has 0 N–H and O–H groups in total. The van der Waals surface area contributed by atoms with Crippen molar-refractivity contribution in [3.05, 3.63) is 76.7 Å². The molecule has 3 aromatic rings. The average Bonchev–Trinajstić information content (AvgIpc) is 2.68. The van der Waals surface area contributed by atoms with Crippen LogP contribution in [-0.4, -0.2) is 30.5 Å². The van der Waals surface area contributed by atoms with Crippen LogP contribution in [0.1, 0.15) is 16.8 Å². The molecule has 0 fully saturated rings. The summed E-state index contributed by atoms with van der Waals surface area (Å²) in [5.74, 6) is -0.0609. The Labute approximate surface area is 166 Å². The van der Waals surface area contributed by atoms with E-state index in [2.05, 4.69) is 15.0 Å². The summed E-state index contributed by atoms with van der Waals surface area (Å²) in [6, 6.07) is 9.53. The molecule has 0 aliphatic carbocycles. The highest BCUT2D eigenvalue weighted by atomic mass is 35.5. The summed E-state index contributed by atoms with van der Waals surface area (Å²) in [5.41, 5.74) is 1.53. The smallest absolute Gasteiger partial charge is 0.308 e. The molecule has 9 heteroatoms. The molecule has 2 heterocycles. The number of nitrogens with zero attached hydrogens (tertiary/aromatic N) is 3. The van der Waals surface area contributed by atoms with Gasteiger partial charge in [0.05, 0.1) is 28.5 Å². The van der Waals surface area contributed by atoms with Gasteiger partial charge in [-0.2, -0.15) is 4.39 Å². The quantitative estimate of drug-likeness (QED) is 0.565. The van der Waals surface area contributed by atoms with Crippen LogP contribution in [-0.2, 0) is 15.6 Å². The summed E-state index contributed by atoms with van der Waals surface area (Å²) in [7, 11) is -2.22. The zero-order chi connectivity index (χ0) is 20.1. The van der Waals surface area contributed by atoms with Gasteiger partial charge in [0.1, 0.15) is 0 Å². The average molecular weight is 420 g/mol. The van der Waals surface area contributed by atoms with Gasteiger partial charge >= 0.3 is 6.08 Å². The number of aromatic nitrogens is 3. The zero-order valence-corrected chi connectivity index (χ0v) is 16.3. The van der Waals surface area contributed by atoms with Crippen molar-refractivity contribution in [2.45, 2.75) is 10.6 Å². The van der Waals surface area contributed by atoms with Gasteiger partial charge in [0, 0.05) is 23.5 Å². The second-order valence-electron chi connectivity index (χ2n) is 5.71. The number of hydrogen-bond acceptors (Lipinski definition) is 6. The number of methoxy groups -OCH3 is 1. The molecule has 0 unspecified atom stereocenters. The summed E-state index contributed by atoms with van der Waals surface area (Å²) >= 11 is 6.00. The molecule has 0 atom stereocenters. The molecule has 0 saturated carbocycles. The summed E-state index contributed by atoms with van der Waals surface area (Å²) < 4.78 is 43.3. The van der Waals surface area contributed by atoms with Crippen LogP contribution in [0.5, 0.6) is 5.88 Å². The molecular formula is C19H15ClFN3O3S.